The van der Waals surface area contributed by atoms with Crippen LogP contribution in [0, 0.1) is 11.8 Å². The molecule has 1 aliphatic rings. The average Bonchev–Trinajstić information content (AvgIpc) is 2.39. The van der Waals surface area contributed by atoms with E-state index in [-0.39, 0.29) is 11.9 Å². The summed E-state index contributed by atoms with van der Waals surface area (Å²) in [7, 11) is 0. The fourth-order valence-corrected chi connectivity index (χ4v) is 2.17. The lowest BCUT2D eigenvalue weighted by molar-refractivity contribution is -0.161. The Bertz CT molecular complexity index is 348. The van der Waals surface area contributed by atoms with Crippen molar-refractivity contribution in [2.45, 2.75) is 33.6 Å². The summed E-state index contributed by atoms with van der Waals surface area (Å²) in [5.41, 5.74) is 0. The lowest BCUT2D eigenvalue weighted by atomic mass is 9.82. The number of carbonyl (C=O) groups excluding carboxylic acids is 2. The second-order valence-electron chi connectivity index (χ2n) is 4.26. The van der Waals surface area contributed by atoms with Crippen LogP contribution in [0.4, 0.5) is 0 Å². The minimum Gasteiger partial charge on any atom is -0.499 e. The maximum Gasteiger partial charge on any atom is 0.310 e. The molecule has 108 valence electrons. The van der Waals surface area contributed by atoms with Gasteiger partial charge in [-0.3, -0.25) is 9.59 Å². The van der Waals surface area contributed by atoms with Crippen molar-refractivity contribution in [1.82, 2.24) is 0 Å². The van der Waals surface area contributed by atoms with Gasteiger partial charge in [0.25, 0.3) is 0 Å². The van der Waals surface area contributed by atoms with Crippen LogP contribution in [-0.4, -0.2) is 31.8 Å². The summed E-state index contributed by atoms with van der Waals surface area (Å²) >= 11 is 0. The highest BCUT2D eigenvalue weighted by Crippen LogP contribution is 2.32. The van der Waals surface area contributed by atoms with Crippen molar-refractivity contribution in [3.05, 3.63) is 11.8 Å². The van der Waals surface area contributed by atoms with Gasteiger partial charge in [0.1, 0.15) is 0 Å². The largest absolute Gasteiger partial charge is 0.499 e. The third kappa shape index (κ3) is 4.26. The van der Waals surface area contributed by atoms with Crippen molar-refractivity contribution in [3.63, 3.8) is 0 Å². The number of hydrogen-bond acceptors (Lipinski definition) is 5. The van der Waals surface area contributed by atoms with Crippen molar-refractivity contribution in [3.8, 4) is 0 Å². The highest BCUT2D eigenvalue weighted by molar-refractivity contribution is 5.82. The summed E-state index contributed by atoms with van der Waals surface area (Å²) in [6, 6.07) is 0. The predicted molar refractivity (Wildman–Crippen MR) is 69.2 cm³/mol. The molecule has 0 heterocycles. The molecule has 1 aliphatic carbocycles. The van der Waals surface area contributed by atoms with E-state index in [1.54, 1.807) is 13.8 Å². The molecule has 0 saturated heterocycles. The monoisotopic (exact) mass is 270 g/mol. The van der Waals surface area contributed by atoms with Crippen molar-refractivity contribution in [2.24, 2.45) is 11.8 Å². The number of carbonyl (C=O) groups is 2. The fourth-order valence-electron chi connectivity index (χ4n) is 2.17. The molecule has 19 heavy (non-hydrogen) atoms. The maximum atomic E-state index is 12.0. The lowest BCUT2D eigenvalue weighted by Gasteiger charge is -2.27. The molecule has 0 fully saturated rings. The van der Waals surface area contributed by atoms with Gasteiger partial charge in [-0.15, -0.1) is 0 Å². The van der Waals surface area contributed by atoms with Gasteiger partial charge in [-0.05, 0) is 33.3 Å². The summed E-state index contributed by atoms with van der Waals surface area (Å²) in [6.45, 7) is 6.55. The lowest BCUT2D eigenvalue weighted by Crippen LogP contribution is -2.35. The van der Waals surface area contributed by atoms with E-state index in [0.29, 0.717) is 32.7 Å². The van der Waals surface area contributed by atoms with E-state index in [9.17, 15) is 9.59 Å². The summed E-state index contributed by atoms with van der Waals surface area (Å²) in [4.78, 5) is 23.8. The summed E-state index contributed by atoms with van der Waals surface area (Å²) < 4.78 is 15.5. The Hall–Kier alpha value is -1.52. The Morgan fingerprint density at radius 1 is 1.05 bits per heavy atom. The molecule has 0 saturated carbocycles. The van der Waals surface area contributed by atoms with Gasteiger partial charge >= 0.3 is 11.9 Å². The number of hydrogen-bond donors (Lipinski definition) is 0. The van der Waals surface area contributed by atoms with Crippen LogP contribution in [-0.2, 0) is 23.8 Å². The normalized spacial score (nSPS) is 22.4. The third-order valence-electron chi connectivity index (χ3n) is 3.01. The highest BCUT2D eigenvalue weighted by atomic mass is 16.5. The second-order valence-corrected chi connectivity index (χ2v) is 4.26. The number of allylic oxidation sites excluding steroid dienone is 2. The van der Waals surface area contributed by atoms with Crippen LogP contribution in [0.25, 0.3) is 0 Å². The molecular formula is C14H22O5. The first-order valence-corrected chi connectivity index (χ1v) is 6.79. The topological polar surface area (TPSA) is 61.8 Å². The Morgan fingerprint density at radius 3 is 2.16 bits per heavy atom. The van der Waals surface area contributed by atoms with Gasteiger partial charge in [0.05, 0.1) is 37.4 Å². The summed E-state index contributed by atoms with van der Waals surface area (Å²) in [6.07, 6.45) is 2.72. The molecule has 0 N–H and O–H groups in total. The Kier molecular flexibility index (Phi) is 6.39. The molecule has 2 unspecified atom stereocenters. The third-order valence-corrected chi connectivity index (χ3v) is 3.01. The van der Waals surface area contributed by atoms with Gasteiger partial charge in [-0.25, -0.2) is 0 Å². The standard InChI is InChI=1S/C14H22O5/c1-4-17-10-7-8-11(13(15)18-5-2)12(9-10)14(16)19-6-3/h7,11-12H,4-6,8-9H2,1-3H3. The molecular weight excluding hydrogens is 248 g/mol. The molecule has 0 amide bonds. The van der Waals surface area contributed by atoms with Crippen LogP contribution in [0.3, 0.4) is 0 Å². The molecule has 0 aromatic carbocycles. The van der Waals surface area contributed by atoms with Gasteiger partial charge in [0, 0.05) is 6.42 Å². The zero-order chi connectivity index (χ0) is 14.3. The smallest absolute Gasteiger partial charge is 0.310 e. The molecule has 5 nitrogen and oxygen atoms in total. The quantitative estimate of drug-likeness (QED) is 0.691. The van der Waals surface area contributed by atoms with Gasteiger partial charge in [0.2, 0.25) is 0 Å². The van der Waals surface area contributed by atoms with E-state index in [0.717, 1.165) is 5.76 Å². The van der Waals surface area contributed by atoms with Crippen molar-refractivity contribution in [2.75, 3.05) is 19.8 Å². The SMILES string of the molecule is CCOC(=O)C1CC=C(OCC)CC1C(=O)OCC. The van der Waals surface area contributed by atoms with Gasteiger partial charge < -0.3 is 14.2 Å². The molecule has 0 radical (unpaired) electrons. The summed E-state index contributed by atoms with van der Waals surface area (Å²) in [5.74, 6) is -0.923. The van der Waals surface area contributed by atoms with E-state index in [2.05, 4.69) is 0 Å². The Morgan fingerprint density at radius 2 is 1.63 bits per heavy atom. The molecule has 5 heteroatoms. The van der Waals surface area contributed by atoms with Crippen LogP contribution in [0.1, 0.15) is 33.6 Å². The zero-order valence-electron chi connectivity index (χ0n) is 11.8. The first-order chi connectivity index (χ1) is 9.13. The van der Waals surface area contributed by atoms with Crippen LogP contribution in [0.15, 0.2) is 11.8 Å². The van der Waals surface area contributed by atoms with Gasteiger partial charge in [0.15, 0.2) is 0 Å². The Balaban J connectivity index is 2.81. The van der Waals surface area contributed by atoms with Gasteiger partial charge in [-0.1, -0.05) is 0 Å². The van der Waals surface area contributed by atoms with Crippen LogP contribution in [0.5, 0.6) is 0 Å². The van der Waals surface area contributed by atoms with Gasteiger partial charge in [-0.2, -0.15) is 0 Å². The fraction of sp³-hybridized carbons (Fsp3) is 0.714. The highest BCUT2D eigenvalue weighted by Gasteiger charge is 2.38. The first-order valence-electron chi connectivity index (χ1n) is 6.79. The van der Waals surface area contributed by atoms with E-state index in [1.165, 1.54) is 0 Å². The maximum absolute atomic E-state index is 12.0. The Labute approximate surface area is 113 Å². The molecule has 0 aliphatic heterocycles. The molecule has 2 atom stereocenters. The van der Waals surface area contributed by atoms with Crippen molar-refractivity contribution >= 4 is 11.9 Å². The van der Waals surface area contributed by atoms with E-state index in [4.69, 9.17) is 14.2 Å². The van der Waals surface area contributed by atoms with Crippen LogP contribution in [0.2, 0.25) is 0 Å². The number of ether oxygens (including phenoxy) is 3. The van der Waals surface area contributed by atoms with E-state index < -0.39 is 11.8 Å². The van der Waals surface area contributed by atoms with E-state index >= 15 is 0 Å². The van der Waals surface area contributed by atoms with E-state index in [1.807, 2.05) is 13.0 Å². The first kappa shape index (κ1) is 15.5. The minimum atomic E-state index is -0.509. The van der Waals surface area contributed by atoms with Crippen molar-refractivity contribution < 1.29 is 23.8 Å². The number of esters is 2. The zero-order valence-corrected chi connectivity index (χ0v) is 11.8. The molecule has 0 spiro atoms. The number of rotatable bonds is 6. The van der Waals surface area contributed by atoms with Crippen LogP contribution >= 0.6 is 0 Å². The minimum absolute atomic E-state index is 0.304. The average molecular weight is 270 g/mol. The van der Waals surface area contributed by atoms with Crippen molar-refractivity contribution in [1.29, 1.82) is 0 Å². The van der Waals surface area contributed by atoms with Crippen LogP contribution < -0.4 is 0 Å². The molecule has 0 bridgehead atoms. The predicted octanol–water partition coefficient (Wildman–Crippen LogP) is 2.06. The second kappa shape index (κ2) is 7.81. The molecule has 0 aromatic rings. The summed E-state index contributed by atoms with van der Waals surface area (Å²) in [5, 5.41) is 0. The molecule has 0 aromatic heterocycles. The molecule has 1 rings (SSSR count).